The van der Waals surface area contributed by atoms with Gasteiger partial charge in [-0.1, -0.05) is 31.1 Å². The number of para-hydroxylation sites is 2. The van der Waals surface area contributed by atoms with Crippen molar-refractivity contribution in [2.24, 2.45) is 11.7 Å². The third kappa shape index (κ3) is 2.42. The molecule has 0 aliphatic rings. The van der Waals surface area contributed by atoms with Gasteiger partial charge in [0.1, 0.15) is 5.82 Å². The van der Waals surface area contributed by atoms with Gasteiger partial charge in [0, 0.05) is 0 Å². The van der Waals surface area contributed by atoms with E-state index in [9.17, 15) is 0 Å². The van der Waals surface area contributed by atoms with Crippen molar-refractivity contribution in [3.63, 3.8) is 0 Å². The Morgan fingerprint density at radius 1 is 1.25 bits per heavy atom. The normalized spacial score (nSPS) is 13.2. The molecule has 1 atom stereocenters. The summed E-state index contributed by atoms with van der Waals surface area (Å²) in [7, 11) is 0. The van der Waals surface area contributed by atoms with Crippen molar-refractivity contribution in [2.75, 3.05) is 0 Å². The number of nitrogens with one attached hydrogen (secondary N) is 1. The number of fused-ring (bicyclic) bond motifs is 1. The SMILES string of the molecule is CC(C)[C@@H](N)c1nc(Cc2nc3ccccc3[nH]2)no1. The van der Waals surface area contributed by atoms with Crippen molar-refractivity contribution < 1.29 is 4.52 Å². The molecule has 3 aromatic rings. The molecule has 2 aromatic heterocycles. The van der Waals surface area contributed by atoms with E-state index in [1.54, 1.807) is 0 Å². The zero-order chi connectivity index (χ0) is 14.1. The van der Waals surface area contributed by atoms with E-state index < -0.39 is 0 Å². The number of benzene rings is 1. The molecule has 20 heavy (non-hydrogen) atoms. The number of hydrogen-bond donors (Lipinski definition) is 2. The van der Waals surface area contributed by atoms with E-state index in [2.05, 4.69) is 20.1 Å². The van der Waals surface area contributed by atoms with Gasteiger partial charge >= 0.3 is 0 Å². The number of imidazole rings is 1. The smallest absolute Gasteiger partial charge is 0.243 e. The number of nitrogens with two attached hydrogens (primary N) is 1. The first kappa shape index (κ1) is 12.8. The summed E-state index contributed by atoms with van der Waals surface area (Å²) in [6, 6.07) is 7.65. The molecule has 0 saturated heterocycles. The summed E-state index contributed by atoms with van der Waals surface area (Å²) in [6.07, 6.45) is 0.503. The van der Waals surface area contributed by atoms with Crippen LogP contribution in [0.3, 0.4) is 0 Å². The van der Waals surface area contributed by atoms with E-state index in [0.717, 1.165) is 16.9 Å². The third-order valence-electron chi connectivity index (χ3n) is 3.25. The van der Waals surface area contributed by atoms with Gasteiger partial charge in [-0.25, -0.2) is 4.98 Å². The van der Waals surface area contributed by atoms with E-state index in [1.807, 2.05) is 38.1 Å². The Morgan fingerprint density at radius 3 is 2.80 bits per heavy atom. The Labute approximate surface area is 116 Å². The topological polar surface area (TPSA) is 93.6 Å². The van der Waals surface area contributed by atoms with Crippen LogP contribution in [0.25, 0.3) is 11.0 Å². The number of aromatic amines is 1. The molecule has 0 spiro atoms. The number of hydrogen-bond acceptors (Lipinski definition) is 5. The monoisotopic (exact) mass is 271 g/mol. The number of aromatic nitrogens is 4. The Morgan fingerprint density at radius 2 is 2.05 bits per heavy atom. The summed E-state index contributed by atoms with van der Waals surface area (Å²) < 4.78 is 5.21. The Balaban J connectivity index is 1.81. The van der Waals surface area contributed by atoms with Gasteiger partial charge in [0.15, 0.2) is 5.82 Å². The molecule has 0 fully saturated rings. The lowest BCUT2D eigenvalue weighted by Gasteiger charge is -2.09. The first-order valence-electron chi connectivity index (χ1n) is 6.65. The van der Waals surface area contributed by atoms with Crippen LogP contribution in [0.5, 0.6) is 0 Å². The van der Waals surface area contributed by atoms with Gasteiger partial charge in [-0.05, 0) is 18.1 Å². The number of rotatable bonds is 4. The highest BCUT2D eigenvalue weighted by Gasteiger charge is 2.18. The van der Waals surface area contributed by atoms with Crippen molar-refractivity contribution in [2.45, 2.75) is 26.3 Å². The highest BCUT2D eigenvalue weighted by Crippen LogP contribution is 2.18. The van der Waals surface area contributed by atoms with Crippen LogP contribution in [-0.2, 0) is 6.42 Å². The van der Waals surface area contributed by atoms with Crippen LogP contribution in [-0.4, -0.2) is 20.1 Å². The van der Waals surface area contributed by atoms with Crippen LogP contribution in [0.4, 0.5) is 0 Å². The molecular formula is C14H17N5O. The summed E-state index contributed by atoms with van der Waals surface area (Å²) in [4.78, 5) is 12.1. The maximum atomic E-state index is 5.99. The van der Waals surface area contributed by atoms with Crippen LogP contribution in [0, 0.1) is 5.92 Å². The summed E-state index contributed by atoms with van der Waals surface area (Å²) in [5.74, 6) is 2.15. The highest BCUT2D eigenvalue weighted by molar-refractivity contribution is 5.74. The van der Waals surface area contributed by atoms with Gasteiger partial charge in [-0.3, -0.25) is 0 Å². The molecule has 0 saturated carbocycles. The Hall–Kier alpha value is -2.21. The molecule has 6 nitrogen and oxygen atoms in total. The molecule has 104 valence electrons. The van der Waals surface area contributed by atoms with E-state index in [-0.39, 0.29) is 12.0 Å². The predicted octanol–water partition coefficient (Wildman–Crippen LogP) is 2.19. The fraction of sp³-hybridized carbons (Fsp3) is 0.357. The maximum absolute atomic E-state index is 5.99. The summed E-state index contributed by atoms with van der Waals surface area (Å²) in [6.45, 7) is 4.04. The minimum atomic E-state index is -0.230. The van der Waals surface area contributed by atoms with Gasteiger partial charge < -0.3 is 15.2 Å². The van der Waals surface area contributed by atoms with Gasteiger partial charge in [0.2, 0.25) is 5.89 Å². The second kappa shape index (κ2) is 5.05. The Kier molecular flexibility index (Phi) is 3.23. The average Bonchev–Trinajstić information content (AvgIpc) is 3.03. The summed E-state index contributed by atoms with van der Waals surface area (Å²) in [5, 5.41) is 3.96. The van der Waals surface area contributed by atoms with Crippen LogP contribution in [0.2, 0.25) is 0 Å². The van der Waals surface area contributed by atoms with Crippen LogP contribution in [0.1, 0.15) is 37.4 Å². The summed E-state index contributed by atoms with van der Waals surface area (Å²) in [5.41, 5.74) is 7.93. The average molecular weight is 271 g/mol. The molecule has 0 aliphatic carbocycles. The molecule has 0 aliphatic heterocycles. The quantitative estimate of drug-likeness (QED) is 0.758. The van der Waals surface area contributed by atoms with Crippen molar-refractivity contribution in [3.8, 4) is 0 Å². The minimum absolute atomic E-state index is 0.230. The van der Waals surface area contributed by atoms with Crippen molar-refractivity contribution in [1.82, 2.24) is 20.1 Å². The van der Waals surface area contributed by atoms with Crippen molar-refractivity contribution in [1.29, 1.82) is 0 Å². The third-order valence-corrected chi connectivity index (χ3v) is 3.25. The zero-order valence-electron chi connectivity index (χ0n) is 11.5. The van der Waals surface area contributed by atoms with Crippen molar-refractivity contribution in [3.05, 3.63) is 41.8 Å². The van der Waals surface area contributed by atoms with Gasteiger partial charge in [0.25, 0.3) is 0 Å². The molecule has 3 rings (SSSR count). The maximum Gasteiger partial charge on any atom is 0.243 e. The highest BCUT2D eigenvalue weighted by atomic mass is 16.5. The molecule has 0 unspecified atom stereocenters. The molecule has 0 amide bonds. The molecule has 6 heteroatoms. The first-order valence-corrected chi connectivity index (χ1v) is 6.65. The molecule has 0 radical (unpaired) electrons. The van der Waals surface area contributed by atoms with Gasteiger partial charge in [0.05, 0.1) is 23.5 Å². The first-order chi connectivity index (χ1) is 9.63. The fourth-order valence-corrected chi connectivity index (χ4v) is 2.00. The molecule has 0 bridgehead atoms. The van der Waals surface area contributed by atoms with E-state index in [0.29, 0.717) is 18.1 Å². The van der Waals surface area contributed by atoms with E-state index in [1.165, 1.54) is 0 Å². The molecule has 1 aromatic carbocycles. The van der Waals surface area contributed by atoms with Crippen molar-refractivity contribution >= 4 is 11.0 Å². The van der Waals surface area contributed by atoms with E-state index in [4.69, 9.17) is 10.3 Å². The molecule has 3 N–H and O–H groups in total. The van der Waals surface area contributed by atoms with E-state index >= 15 is 0 Å². The second-order valence-electron chi connectivity index (χ2n) is 5.20. The lowest BCUT2D eigenvalue weighted by molar-refractivity contribution is 0.322. The van der Waals surface area contributed by atoms with Gasteiger partial charge in [-0.2, -0.15) is 4.98 Å². The van der Waals surface area contributed by atoms with Crippen LogP contribution >= 0.6 is 0 Å². The van der Waals surface area contributed by atoms with Gasteiger partial charge in [-0.15, -0.1) is 0 Å². The lowest BCUT2D eigenvalue weighted by Crippen LogP contribution is -2.17. The summed E-state index contributed by atoms with van der Waals surface area (Å²) >= 11 is 0. The second-order valence-corrected chi connectivity index (χ2v) is 5.20. The number of nitrogens with zero attached hydrogens (tertiary/aromatic N) is 3. The standard InChI is InChI=1S/C14H17N5O/c1-8(2)13(15)14-18-12(19-20-14)7-11-16-9-5-3-4-6-10(9)17-11/h3-6,8,13H,7,15H2,1-2H3,(H,16,17)/t13-/m1/s1. The predicted molar refractivity (Wildman–Crippen MR) is 75.0 cm³/mol. The number of H-pyrrole nitrogens is 1. The largest absolute Gasteiger partial charge is 0.342 e. The fourth-order valence-electron chi connectivity index (χ4n) is 2.00. The van der Waals surface area contributed by atoms with Crippen LogP contribution < -0.4 is 5.73 Å². The van der Waals surface area contributed by atoms with Crippen LogP contribution in [0.15, 0.2) is 28.8 Å². The lowest BCUT2D eigenvalue weighted by atomic mass is 10.1. The minimum Gasteiger partial charge on any atom is -0.342 e. The molecular weight excluding hydrogens is 254 g/mol. The zero-order valence-corrected chi connectivity index (χ0v) is 11.5. The molecule has 2 heterocycles. The Bertz CT molecular complexity index is 682.